The number of halogens is 2. The third-order valence-electron chi connectivity index (χ3n) is 4.89. The SMILES string of the molecule is O=C(CN1CCN(C(=O)c2cc(F)ccc2Br)CC1)N1CCCCC1. The van der Waals surface area contributed by atoms with Crippen molar-refractivity contribution in [1.82, 2.24) is 14.7 Å². The van der Waals surface area contributed by atoms with Crippen LogP contribution in [0.5, 0.6) is 0 Å². The van der Waals surface area contributed by atoms with Gasteiger partial charge in [-0.2, -0.15) is 0 Å². The largest absolute Gasteiger partial charge is 0.342 e. The van der Waals surface area contributed by atoms with E-state index >= 15 is 0 Å². The number of carbonyl (C=O) groups excluding carboxylic acids is 2. The minimum atomic E-state index is -0.419. The third kappa shape index (κ3) is 4.58. The van der Waals surface area contributed by atoms with Gasteiger partial charge < -0.3 is 9.80 Å². The van der Waals surface area contributed by atoms with Crippen molar-refractivity contribution in [2.75, 3.05) is 45.8 Å². The lowest BCUT2D eigenvalue weighted by atomic mass is 10.1. The average molecular weight is 412 g/mol. The van der Waals surface area contributed by atoms with Gasteiger partial charge in [0.15, 0.2) is 0 Å². The highest BCUT2D eigenvalue weighted by atomic mass is 79.9. The minimum absolute atomic E-state index is 0.173. The van der Waals surface area contributed by atoms with Crippen LogP contribution in [0.1, 0.15) is 29.6 Å². The molecule has 1 aromatic carbocycles. The van der Waals surface area contributed by atoms with Gasteiger partial charge in [0.25, 0.3) is 5.91 Å². The Hall–Kier alpha value is -1.47. The van der Waals surface area contributed by atoms with Crippen LogP contribution in [0.3, 0.4) is 0 Å². The van der Waals surface area contributed by atoms with E-state index in [4.69, 9.17) is 0 Å². The van der Waals surface area contributed by atoms with Crippen LogP contribution < -0.4 is 0 Å². The maximum absolute atomic E-state index is 13.4. The van der Waals surface area contributed by atoms with E-state index in [-0.39, 0.29) is 11.8 Å². The molecule has 136 valence electrons. The molecule has 2 aliphatic heterocycles. The molecule has 0 N–H and O–H groups in total. The summed E-state index contributed by atoms with van der Waals surface area (Å²) in [5.41, 5.74) is 0.345. The summed E-state index contributed by atoms with van der Waals surface area (Å²) in [5.74, 6) is -0.405. The highest BCUT2D eigenvalue weighted by molar-refractivity contribution is 9.10. The van der Waals surface area contributed by atoms with Gasteiger partial charge in [0.05, 0.1) is 12.1 Å². The molecule has 0 saturated carbocycles. The Morgan fingerprint density at radius 1 is 0.960 bits per heavy atom. The molecule has 0 radical (unpaired) electrons. The van der Waals surface area contributed by atoms with Gasteiger partial charge >= 0.3 is 0 Å². The Bertz CT molecular complexity index is 641. The van der Waals surface area contributed by atoms with Crippen molar-refractivity contribution >= 4 is 27.7 Å². The topological polar surface area (TPSA) is 43.9 Å². The van der Waals surface area contributed by atoms with Crippen molar-refractivity contribution in [3.63, 3.8) is 0 Å². The number of rotatable bonds is 3. The number of hydrogen-bond acceptors (Lipinski definition) is 3. The lowest BCUT2D eigenvalue weighted by Crippen LogP contribution is -2.52. The number of piperazine rings is 1. The molecule has 2 heterocycles. The van der Waals surface area contributed by atoms with Crippen molar-refractivity contribution in [1.29, 1.82) is 0 Å². The molecule has 2 fully saturated rings. The van der Waals surface area contributed by atoms with Crippen LogP contribution in [0.2, 0.25) is 0 Å². The smallest absolute Gasteiger partial charge is 0.255 e. The van der Waals surface area contributed by atoms with E-state index in [0.29, 0.717) is 42.8 Å². The Balaban J connectivity index is 1.52. The van der Waals surface area contributed by atoms with Gasteiger partial charge in [-0.05, 0) is 53.4 Å². The number of likely N-dealkylation sites (tertiary alicyclic amines) is 1. The molecule has 0 unspecified atom stereocenters. The van der Waals surface area contributed by atoms with E-state index in [1.807, 2.05) is 4.90 Å². The van der Waals surface area contributed by atoms with Gasteiger partial charge in [0.2, 0.25) is 5.91 Å². The van der Waals surface area contributed by atoms with Crippen molar-refractivity contribution in [2.24, 2.45) is 0 Å². The van der Waals surface area contributed by atoms with E-state index in [2.05, 4.69) is 20.8 Å². The quantitative estimate of drug-likeness (QED) is 0.766. The zero-order valence-electron chi connectivity index (χ0n) is 14.2. The van der Waals surface area contributed by atoms with Crippen LogP contribution in [0.4, 0.5) is 4.39 Å². The molecule has 0 atom stereocenters. The van der Waals surface area contributed by atoms with Crippen LogP contribution in [0.15, 0.2) is 22.7 Å². The molecule has 2 aliphatic rings. The van der Waals surface area contributed by atoms with E-state index in [1.54, 1.807) is 11.0 Å². The van der Waals surface area contributed by atoms with Crippen LogP contribution in [-0.4, -0.2) is 72.3 Å². The second-order valence-corrected chi connectivity index (χ2v) is 7.49. The first-order valence-electron chi connectivity index (χ1n) is 8.79. The number of nitrogens with zero attached hydrogens (tertiary/aromatic N) is 3. The molecule has 3 rings (SSSR count). The molecular weight excluding hydrogens is 389 g/mol. The maximum atomic E-state index is 13.4. The normalized spacial score (nSPS) is 19.1. The maximum Gasteiger partial charge on any atom is 0.255 e. The van der Waals surface area contributed by atoms with Gasteiger partial charge in [-0.25, -0.2) is 4.39 Å². The fraction of sp³-hybridized carbons (Fsp3) is 0.556. The van der Waals surface area contributed by atoms with Gasteiger partial charge in [-0.1, -0.05) is 0 Å². The molecule has 2 saturated heterocycles. The van der Waals surface area contributed by atoms with Crippen molar-refractivity contribution in [3.8, 4) is 0 Å². The Kier molecular flexibility index (Phi) is 6.06. The van der Waals surface area contributed by atoms with E-state index in [9.17, 15) is 14.0 Å². The fourth-order valence-electron chi connectivity index (χ4n) is 3.38. The summed E-state index contributed by atoms with van der Waals surface area (Å²) in [4.78, 5) is 30.7. The molecule has 2 amide bonds. The summed E-state index contributed by atoms with van der Waals surface area (Å²) in [6.07, 6.45) is 3.40. The summed E-state index contributed by atoms with van der Waals surface area (Å²) in [7, 11) is 0. The Morgan fingerprint density at radius 3 is 2.32 bits per heavy atom. The fourth-order valence-corrected chi connectivity index (χ4v) is 3.79. The van der Waals surface area contributed by atoms with Gasteiger partial charge in [-0.3, -0.25) is 14.5 Å². The molecule has 0 aromatic heterocycles. The van der Waals surface area contributed by atoms with Crippen molar-refractivity contribution in [3.05, 3.63) is 34.1 Å². The Labute approximate surface area is 155 Å². The van der Waals surface area contributed by atoms with Crippen LogP contribution >= 0.6 is 15.9 Å². The standard InChI is InChI=1S/C18H23BrFN3O2/c19-16-5-4-14(20)12-15(16)18(25)23-10-8-21(9-11-23)13-17(24)22-6-2-1-3-7-22/h4-5,12H,1-3,6-11,13H2. The number of hydrogen-bond donors (Lipinski definition) is 0. The zero-order valence-corrected chi connectivity index (χ0v) is 15.8. The zero-order chi connectivity index (χ0) is 17.8. The molecule has 7 heteroatoms. The minimum Gasteiger partial charge on any atom is -0.342 e. The van der Waals surface area contributed by atoms with E-state index in [1.165, 1.54) is 18.6 Å². The number of carbonyl (C=O) groups is 2. The molecular formula is C18H23BrFN3O2. The van der Waals surface area contributed by atoms with Gasteiger partial charge in [0, 0.05) is 43.7 Å². The van der Waals surface area contributed by atoms with E-state index < -0.39 is 5.82 Å². The first kappa shape index (κ1) is 18.3. The molecule has 0 aliphatic carbocycles. The van der Waals surface area contributed by atoms with Crippen molar-refractivity contribution < 1.29 is 14.0 Å². The highest BCUT2D eigenvalue weighted by Gasteiger charge is 2.26. The Morgan fingerprint density at radius 2 is 1.64 bits per heavy atom. The second kappa shape index (κ2) is 8.27. The van der Waals surface area contributed by atoms with Crippen LogP contribution in [-0.2, 0) is 4.79 Å². The molecule has 25 heavy (non-hydrogen) atoms. The van der Waals surface area contributed by atoms with Crippen LogP contribution in [0.25, 0.3) is 0 Å². The summed E-state index contributed by atoms with van der Waals surface area (Å²) in [6.45, 7) is 4.59. The van der Waals surface area contributed by atoms with Gasteiger partial charge in [-0.15, -0.1) is 0 Å². The molecule has 0 bridgehead atoms. The van der Waals surface area contributed by atoms with Crippen LogP contribution in [0, 0.1) is 5.82 Å². The lowest BCUT2D eigenvalue weighted by Gasteiger charge is -2.36. The number of amides is 2. The molecule has 1 aromatic rings. The lowest BCUT2D eigenvalue weighted by molar-refractivity contribution is -0.133. The summed E-state index contributed by atoms with van der Waals surface area (Å²) in [5, 5.41) is 0. The number of benzene rings is 1. The first-order valence-corrected chi connectivity index (χ1v) is 9.58. The average Bonchev–Trinajstić information content (AvgIpc) is 2.64. The summed E-state index contributed by atoms with van der Waals surface area (Å²) < 4.78 is 14.0. The first-order chi connectivity index (χ1) is 12.0. The third-order valence-corrected chi connectivity index (χ3v) is 5.58. The predicted octanol–water partition coefficient (Wildman–Crippen LogP) is 2.36. The van der Waals surface area contributed by atoms with Crippen molar-refractivity contribution in [2.45, 2.75) is 19.3 Å². The molecule has 5 nitrogen and oxygen atoms in total. The summed E-state index contributed by atoms with van der Waals surface area (Å²) in [6, 6.07) is 4.14. The summed E-state index contributed by atoms with van der Waals surface area (Å²) >= 11 is 3.31. The van der Waals surface area contributed by atoms with E-state index in [0.717, 1.165) is 25.9 Å². The highest BCUT2D eigenvalue weighted by Crippen LogP contribution is 2.20. The molecule has 0 spiro atoms. The number of piperidine rings is 1. The van der Waals surface area contributed by atoms with Gasteiger partial charge in [0.1, 0.15) is 5.82 Å². The predicted molar refractivity (Wildman–Crippen MR) is 96.9 cm³/mol. The monoisotopic (exact) mass is 411 g/mol. The second-order valence-electron chi connectivity index (χ2n) is 6.63.